The molecule has 0 radical (unpaired) electrons. The molecule has 0 bridgehead atoms. The number of hydrogen-bond acceptors (Lipinski definition) is 4. The van der Waals surface area contributed by atoms with Gasteiger partial charge in [0.2, 0.25) is 0 Å². The molecular formula is C22H29NO4. The van der Waals surface area contributed by atoms with Crippen LogP contribution < -0.4 is 14.2 Å². The minimum Gasteiger partial charge on any atom is -0.493 e. The third kappa shape index (κ3) is 5.16. The van der Waals surface area contributed by atoms with E-state index in [1.54, 1.807) is 26.2 Å². The fourth-order valence-electron chi connectivity index (χ4n) is 2.87. The van der Waals surface area contributed by atoms with E-state index in [-0.39, 0.29) is 5.91 Å². The van der Waals surface area contributed by atoms with Gasteiger partial charge in [-0.2, -0.15) is 0 Å². The van der Waals surface area contributed by atoms with Crippen molar-refractivity contribution in [2.75, 3.05) is 21.3 Å². The van der Waals surface area contributed by atoms with Crippen LogP contribution in [0.15, 0.2) is 36.4 Å². The molecule has 0 saturated carbocycles. The molecule has 1 atom stereocenters. The maximum Gasteiger partial charge on any atom is 0.263 e. The van der Waals surface area contributed by atoms with Crippen LogP contribution in [-0.4, -0.2) is 38.2 Å². The van der Waals surface area contributed by atoms with E-state index in [0.29, 0.717) is 24.5 Å². The second kappa shape index (κ2) is 9.31. The van der Waals surface area contributed by atoms with Crippen LogP contribution in [0.25, 0.3) is 0 Å². The van der Waals surface area contributed by atoms with Gasteiger partial charge >= 0.3 is 0 Å². The zero-order chi connectivity index (χ0) is 20.0. The molecule has 2 aromatic carbocycles. The fraction of sp³-hybridized carbons (Fsp3) is 0.409. The van der Waals surface area contributed by atoms with Gasteiger partial charge in [0, 0.05) is 13.6 Å². The maximum absolute atomic E-state index is 12.9. The summed E-state index contributed by atoms with van der Waals surface area (Å²) in [6.07, 6.45) is 0.0818. The van der Waals surface area contributed by atoms with Gasteiger partial charge in [0.1, 0.15) is 5.75 Å². The second-order valence-electron chi connectivity index (χ2n) is 6.67. The number of benzene rings is 2. The summed E-state index contributed by atoms with van der Waals surface area (Å²) in [5, 5.41) is 0. The van der Waals surface area contributed by atoms with Crippen LogP contribution in [0.3, 0.4) is 0 Å². The molecule has 0 aliphatic heterocycles. The van der Waals surface area contributed by atoms with E-state index in [0.717, 1.165) is 22.4 Å². The Morgan fingerprint density at radius 3 is 2.33 bits per heavy atom. The number of ether oxygens (including phenoxy) is 3. The molecule has 0 aliphatic rings. The highest BCUT2D eigenvalue weighted by molar-refractivity contribution is 5.81. The van der Waals surface area contributed by atoms with E-state index < -0.39 is 6.10 Å². The summed E-state index contributed by atoms with van der Waals surface area (Å²) in [6, 6.07) is 11.7. The zero-order valence-corrected chi connectivity index (χ0v) is 17.0. The molecule has 2 aromatic rings. The first kappa shape index (κ1) is 20.6. The molecule has 0 unspecified atom stereocenters. The van der Waals surface area contributed by atoms with Crippen molar-refractivity contribution in [2.45, 2.75) is 39.8 Å². The molecule has 0 saturated heterocycles. The summed E-state index contributed by atoms with van der Waals surface area (Å²) in [6.45, 7) is 6.42. The Morgan fingerprint density at radius 2 is 1.70 bits per heavy atom. The highest BCUT2D eigenvalue weighted by Crippen LogP contribution is 2.28. The minimum atomic E-state index is -0.518. The zero-order valence-electron chi connectivity index (χ0n) is 17.0. The first-order valence-corrected chi connectivity index (χ1v) is 9.09. The number of carbonyl (C=O) groups excluding carboxylic acids is 1. The molecule has 0 spiro atoms. The van der Waals surface area contributed by atoms with Gasteiger partial charge in [0.25, 0.3) is 5.91 Å². The van der Waals surface area contributed by atoms with E-state index >= 15 is 0 Å². The standard InChI is InChI=1S/C22H29NO4/c1-7-18(27-20-12-15(2)8-9-16(20)3)22(24)23(4)14-17-10-11-19(25-5)21(13-17)26-6/h8-13,18H,7,14H2,1-6H3/t18-/m0/s1. The molecule has 1 amide bonds. The predicted molar refractivity (Wildman–Crippen MR) is 107 cm³/mol. The van der Waals surface area contributed by atoms with Crippen molar-refractivity contribution >= 4 is 5.91 Å². The van der Waals surface area contributed by atoms with Crippen molar-refractivity contribution < 1.29 is 19.0 Å². The van der Waals surface area contributed by atoms with Gasteiger partial charge in [-0.3, -0.25) is 4.79 Å². The average molecular weight is 371 g/mol. The molecule has 2 rings (SSSR count). The molecule has 0 aromatic heterocycles. The maximum atomic E-state index is 12.9. The Kier molecular flexibility index (Phi) is 7.11. The van der Waals surface area contributed by atoms with Gasteiger partial charge in [-0.1, -0.05) is 25.1 Å². The van der Waals surface area contributed by atoms with Crippen LogP contribution in [-0.2, 0) is 11.3 Å². The Bertz CT molecular complexity index is 788. The molecule has 0 heterocycles. The van der Waals surface area contributed by atoms with Crippen LogP contribution in [0.4, 0.5) is 0 Å². The van der Waals surface area contributed by atoms with Crippen molar-refractivity contribution in [2.24, 2.45) is 0 Å². The third-order valence-corrected chi connectivity index (χ3v) is 4.50. The molecule has 0 N–H and O–H groups in total. The molecule has 5 heteroatoms. The number of hydrogen-bond donors (Lipinski definition) is 0. The first-order chi connectivity index (χ1) is 12.9. The van der Waals surface area contributed by atoms with E-state index in [1.165, 1.54) is 0 Å². The second-order valence-corrected chi connectivity index (χ2v) is 6.67. The Morgan fingerprint density at radius 1 is 1.00 bits per heavy atom. The molecular weight excluding hydrogens is 342 g/mol. The first-order valence-electron chi connectivity index (χ1n) is 9.09. The predicted octanol–water partition coefficient (Wildman–Crippen LogP) is 4.14. The number of likely N-dealkylation sites (N-methyl/N-ethyl adjacent to an activating group) is 1. The van der Waals surface area contributed by atoms with E-state index in [2.05, 4.69) is 0 Å². The quantitative estimate of drug-likeness (QED) is 0.700. The van der Waals surface area contributed by atoms with Crippen molar-refractivity contribution in [3.8, 4) is 17.2 Å². The Balaban J connectivity index is 2.11. The lowest BCUT2D eigenvalue weighted by atomic mass is 10.1. The summed E-state index contributed by atoms with van der Waals surface area (Å²) < 4.78 is 16.6. The lowest BCUT2D eigenvalue weighted by Gasteiger charge is -2.25. The largest absolute Gasteiger partial charge is 0.493 e. The third-order valence-electron chi connectivity index (χ3n) is 4.50. The Labute approximate surface area is 161 Å². The molecule has 146 valence electrons. The summed E-state index contributed by atoms with van der Waals surface area (Å²) in [5.41, 5.74) is 3.09. The number of amides is 1. The monoisotopic (exact) mass is 371 g/mol. The van der Waals surface area contributed by atoms with Gasteiger partial charge in [-0.25, -0.2) is 0 Å². The van der Waals surface area contributed by atoms with Gasteiger partial charge < -0.3 is 19.1 Å². The van der Waals surface area contributed by atoms with Crippen molar-refractivity contribution in [1.82, 2.24) is 4.90 Å². The normalized spacial score (nSPS) is 11.6. The number of nitrogens with zero attached hydrogens (tertiary/aromatic N) is 1. The van der Waals surface area contributed by atoms with Crippen LogP contribution in [0, 0.1) is 13.8 Å². The number of carbonyl (C=O) groups is 1. The number of aryl methyl sites for hydroxylation is 2. The SMILES string of the molecule is CC[C@H](Oc1cc(C)ccc1C)C(=O)N(C)Cc1ccc(OC)c(OC)c1. The van der Waals surface area contributed by atoms with Crippen LogP contribution in [0.1, 0.15) is 30.0 Å². The van der Waals surface area contributed by atoms with Crippen LogP contribution in [0.2, 0.25) is 0 Å². The minimum absolute atomic E-state index is 0.0480. The number of rotatable bonds is 8. The summed E-state index contributed by atoms with van der Waals surface area (Å²) in [5.74, 6) is 2.03. The average Bonchev–Trinajstić information content (AvgIpc) is 2.67. The van der Waals surface area contributed by atoms with Gasteiger partial charge in [0.05, 0.1) is 14.2 Å². The lowest BCUT2D eigenvalue weighted by Crippen LogP contribution is -2.39. The van der Waals surface area contributed by atoms with E-state index in [9.17, 15) is 4.79 Å². The van der Waals surface area contributed by atoms with Crippen LogP contribution in [0.5, 0.6) is 17.2 Å². The summed E-state index contributed by atoms with van der Waals surface area (Å²) >= 11 is 0. The Hall–Kier alpha value is -2.69. The lowest BCUT2D eigenvalue weighted by molar-refractivity contribution is -0.138. The van der Waals surface area contributed by atoms with E-state index in [1.807, 2.05) is 57.2 Å². The van der Waals surface area contributed by atoms with Gasteiger partial charge in [0.15, 0.2) is 17.6 Å². The summed E-state index contributed by atoms with van der Waals surface area (Å²) in [4.78, 5) is 14.6. The highest BCUT2D eigenvalue weighted by atomic mass is 16.5. The number of methoxy groups -OCH3 is 2. The molecule has 0 fully saturated rings. The van der Waals surface area contributed by atoms with Crippen molar-refractivity contribution in [3.05, 3.63) is 53.1 Å². The fourth-order valence-corrected chi connectivity index (χ4v) is 2.87. The summed E-state index contributed by atoms with van der Waals surface area (Å²) in [7, 11) is 4.99. The highest BCUT2D eigenvalue weighted by Gasteiger charge is 2.23. The molecule has 27 heavy (non-hydrogen) atoms. The molecule has 0 aliphatic carbocycles. The van der Waals surface area contributed by atoms with Crippen molar-refractivity contribution in [3.63, 3.8) is 0 Å². The topological polar surface area (TPSA) is 48.0 Å². The van der Waals surface area contributed by atoms with Gasteiger partial charge in [-0.05, 0) is 55.2 Å². The van der Waals surface area contributed by atoms with Crippen LogP contribution >= 0.6 is 0 Å². The van der Waals surface area contributed by atoms with E-state index in [4.69, 9.17) is 14.2 Å². The smallest absolute Gasteiger partial charge is 0.263 e. The molecule has 5 nitrogen and oxygen atoms in total. The van der Waals surface area contributed by atoms with Gasteiger partial charge in [-0.15, -0.1) is 0 Å². The van der Waals surface area contributed by atoms with Crippen molar-refractivity contribution in [1.29, 1.82) is 0 Å².